The van der Waals surface area contributed by atoms with Gasteiger partial charge in [-0.05, 0) is 20.3 Å². The first-order valence-corrected chi connectivity index (χ1v) is 6.95. The zero-order chi connectivity index (χ0) is 12.7. The van der Waals surface area contributed by atoms with Crippen LogP contribution < -0.4 is 0 Å². The van der Waals surface area contributed by atoms with Crippen molar-refractivity contribution in [1.82, 2.24) is 5.16 Å². The van der Waals surface area contributed by atoms with Crippen LogP contribution in [0.1, 0.15) is 36.8 Å². The van der Waals surface area contributed by atoms with Crippen LogP contribution >= 0.6 is 11.8 Å². The largest absolute Gasteiger partial charge is 0.465 e. The molecule has 0 saturated heterocycles. The average Bonchev–Trinajstić information content (AvgIpc) is 2.61. The number of aromatic nitrogens is 1. The maximum absolute atomic E-state index is 11.3. The van der Waals surface area contributed by atoms with Gasteiger partial charge in [0.25, 0.3) is 0 Å². The highest BCUT2D eigenvalue weighted by Crippen LogP contribution is 2.19. The molecular formula is C12H19NO3S. The molecule has 1 rings (SSSR count). The van der Waals surface area contributed by atoms with Crippen molar-refractivity contribution in [2.45, 2.75) is 39.4 Å². The van der Waals surface area contributed by atoms with Gasteiger partial charge in [0.1, 0.15) is 5.76 Å². The molecule has 0 aliphatic rings. The molecule has 0 fully saturated rings. The molecule has 0 spiro atoms. The predicted octanol–water partition coefficient (Wildman–Crippen LogP) is 2.87. The minimum absolute atomic E-state index is 0.143. The molecule has 0 unspecified atom stereocenters. The van der Waals surface area contributed by atoms with Gasteiger partial charge in [0.05, 0.1) is 18.1 Å². The topological polar surface area (TPSA) is 52.3 Å². The van der Waals surface area contributed by atoms with Crippen molar-refractivity contribution in [3.05, 3.63) is 17.0 Å². The smallest absolute Gasteiger partial charge is 0.315 e. The van der Waals surface area contributed by atoms with Gasteiger partial charge >= 0.3 is 5.97 Å². The Morgan fingerprint density at radius 1 is 1.47 bits per heavy atom. The molecule has 0 amide bonds. The molecule has 1 aromatic rings. The Labute approximate surface area is 106 Å². The van der Waals surface area contributed by atoms with Crippen molar-refractivity contribution < 1.29 is 14.1 Å². The van der Waals surface area contributed by atoms with E-state index in [2.05, 4.69) is 12.1 Å². The summed E-state index contributed by atoms with van der Waals surface area (Å²) in [5.74, 6) is 1.81. The SMILES string of the molecule is CCCCOC(=O)CSCc1c(C)noc1C. The van der Waals surface area contributed by atoms with Crippen LogP contribution in [0.2, 0.25) is 0 Å². The number of carbonyl (C=O) groups excluding carboxylic acids is 1. The number of hydrogen-bond acceptors (Lipinski definition) is 5. The summed E-state index contributed by atoms with van der Waals surface area (Å²) in [7, 11) is 0. The lowest BCUT2D eigenvalue weighted by Gasteiger charge is -2.03. The summed E-state index contributed by atoms with van der Waals surface area (Å²) in [6.07, 6.45) is 1.97. The van der Waals surface area contributed by atoms with E-state index in [0.29, 0.717) is 12.4 Å². The van der Waals surface area contributed by atoms with E-state index >= 15 is 0 Å². The van der Waals surface area contributed by atoms with Crippen molar-refractivity contribution in [3.63, 3.8) is 0 Å². The van der Waals surface area contributed by atoms with Gasteiger partial charge in [0, 0.05) is 11.3 Å². The fourth-order valence-corrected chi connectivity index (χ4v) is 2.28. The molecular weight excluding hydrogens is 238 g/mol. The summed E-state index contributed by atoms with van der Waals surface area (Å²) in [4.78, 5) is 11.3. The van der Waals surface area contributed by atoms with Crippen LogP contribution in [0.15, 0.2) is 4.52 Å². The lowest BCUT2D eigenvalue weighted by Crippen LogP contribution is -2.08. The van der Waals surface area contributed by atoms with E-state index in [0.717, 1.165) is 35.6 Å². The monoisotopic (exact) mass is 257 g/mol. The van der Waals surface area contributed by atoms with Gasteiger partial charge in [-0.15, -0.1) is 11.8 Å². The van der Waals surface area contributed by atoms with Gasteiger partial charge in [0.2, 0.25) is 0 Å². The van der Waals surface area contributed by atoms with E-state index in [-0.39, 0.29) is 5.97 Å². The van der Waals surface area contributed by atoms with Gasteiger partial charge in [-0.3, -0.25) is 4.79 Å². The van der Waals surface area contributed by atoms with Gasteiger partial charge in [-0.2, -0.15) is 0 Å². The van der Waals surface area contributed by atoms with E-state index in [1.54, 1.807) is 0 Å². The van der Waals surface area contributed by atoms with Crippen LogP contribution in [-0.4, -0.2) is 23.5 Å². The molecule has 0 atom stereocenters. The molecule has 5 heteroatoms. The molecule has 0 aliphatic carbocycles. The fourth-order valence-electron chi connectivity index (χ4n) is 1.32. The van der Waals surface area contributed by atoms with Crippen LogP contribution in [0.4, 0.5) is 0 Å². The summed E-state index contributed by atoms with van der Waals surface area (Å²) >= 11 is 1.53. The number of esters is 1. The first kappa shape index (κ1) is 14.1. The zero-order valence-corrected chi connectivity index (χ0v) is 11.4. The second-order valence-electron chi connectivity index (χ2n) is 3.87. The third-order valence-corrected chi connectivity index (χ3v) is 3.34. The molecule has 0 N–H and O–H groups in total. The van der Waals surface area contributed by atoms with E-state index in [1.165, 1.54) is 11.8 Å². The Balaban J connectivity index is 2.21. The number of carbonyl (C=O) groups is 1. The average molecular weight is 257 g/mol. The molecule has 0 aromatic carbocycles. The highest BCUT2D eigenvalue weighted by Gasteiger charge is 2.10. The first-order chi connectivity index (χ1) is 8.15. The van der Waals surface area contributed by atoms with Crippen LogP contribution in [0.5, 0.6) is 0 Å². The highest BCUT2D eigenvalue weighted by molar-refractivity contribution is 7.99. The lowest BCUT2D eigenvalue weighted by atomic mass is 10.2. The Kier molecular flexibility index (Phi) is 6.11. The van der Waals surface area contributed by atoms with Crippen molar-refractivity contribution in [3.8, 4) is 0 Å². The summed E-state index contributed by atoms with van der Waals surface area (Å²) in [6.45, 7) is 6.39. The molecule has 4 nitrogen and oxygen atoms in total. The third-order valence-electron chi connectivity index (χ3n) is 2.41. The van der Waals surface area contributed by atoms with Crippen molar-refractivity contribution >= 4 is 17.7 Å². The Morgan fingerprint density at radius 2 is 2.24 bits per heavy atom. The summed E-state index contributed by atoms with van der Waals surface area (Å²) in [5, 5.41) is 3.87. The third kappa shape index (κ3) is 4.81. The number of thioether (sulfide) groups is 1. The summed E-state index contributed by atoms with van der Waals surface area (Å²) in [6, 6.07) is 0. The van der Waals surface area contributed by atoms with Crippen LogP contribution in [-0.2, 0) is 15.3 Å². The maximum Gasteiger partial charge on any atom is 0.315 e. The second kappa shape index (κ2) is 7.37. The minimum Gasteiger partial charge on any atom is -0.465 e. The van der Waals surface area contributed by atoms with E-state index in [9.17, 15) is 4.79 Å². The van der Waals surface area contributed by atoms with Gasteiger partial charge in [0.15, 0.2) is 0 Å². The lowest BCUT2D eigenvalue weighted by molar-refractivity contribution is -0.140. The van der Waals surface area contributed by atoms with Crippen molar-refractivity contribution in [2.75, 3.05) is 12.4 Å². The summed E-state index contributed by atoms with van der Waals surface area (Å²) < 4.78 is 10.1. The quantitative estimate of drug-likeness (QED) is 0.555. The number of nitrogens with zero attached hydrogens (tertiary/aromatic N) is 1. The molecule has 0 saturated carbocycles. The first-order valence-electron chi connectivity index (χ1n) is 5.80. The standard InChI is InChI=1S/C12H19NO3S/c1-4-5-6-15-12(14)8-17-7-11-9(2)13-16-10(11)3/h4-8H2,1-3H3. The molecule has 1 heterocycles. The van der Waals surface area contributed by atoms with Gasteiger partial charge in [-0.25, -0.2) is 0 Å². The Morgan fingerprint density at radius 3 is 2.82 bits per heavy atom. The number of ether oxygens (including phenoxy) is 1. The van der Waals surface area contributed by atoms with E-state index in [1.807, 2.05) is 13.8 Å². The molecule has 1 aromatic heterocycles. The number of aryl methyl sites for hydroxylation is 2. The van der Waals surface area contributed by atoms with Crippen LogP contribution in [0, 0.1) is 13.8 Å². The van der Waals surface area contributed by atoms with Crippen LogP contribution in [0.3, 0.4) is 0 Å². The molecule has 0 bridgehead atoms. The maximum atomic E-state index is 11.3. The second-order valence-corrected chi connectivity index (χ2v) is 4.86. The van der Waals surface area contributed by atoms with E-state index in [4.69, 9.17) is 9.26 Å². The van der Waals surface area contributed by atoms with Gasteiger partial charge in [-0.1, -0.05) is 18.5 Å². The summed E-state index contributed by atoms with van der Waals surface area (Å²) in [5.41, 5.74) is 1.98. The number of rotatable bonds is 7. The zero-order valence-electron chi connectivity index (χ0n) is 10.6. The van der Waals surface area contributed by atoms with Crippen LogP contribution in [0.25, 0.3) is 0 Å². The molecule has 0 radical (unpaired) electrons. The van der Waals surface area contributed by atoms with E-state index < -0.39 is 0 Å². The Hall–Kier alpha value is -0.970. The number of unbranched alkanes of at least 4 members (excludes halogenated alkanes) is 1. The number of hydrogen-bond donors (Lipinski definition) is 0. The fraction of sp³-hybridized carbons (Fsp3) is 0.667. The van der Waals surface area contributed by atoms with Gasteiger partial charge < -0.3 is 9.26 Å². The van der Waals surface area contributed by atoms with Crippen molar-refractivity contribution in [2.24, 2.45) is 0 Å². The minimum atomic E-state index is -0.143. The highest BCUT2D eigenvalue weighted by atomic mass is 32.2. The normalized spacial score (nSPS) is 10.5. The molecule has 17 heavy (non-hydrogen) atoms. The van der Waals surface area contributed by atoms with Crippen molar-refractivity contribution in [1.29, 1.82) is 0 Å². The molecule has 0 aliphatic heterocycles. The Bertz CT molecular complexity index is 343. The predicted molar refractivity (Wildman–Crippen MR) is 68.0 cm³/mol. The molecule has 96 valence electrons.